The van der Waals surface area contributed by atoms with Crippen LogP contribution in [-0.4, -0.2) is 50.2 Å². The summed E-state index contributed by atoms with van der Waals surface area (Å²) in [4.78, 5) is 19.7. The maximum atomic E-state index is 13.0. The molecule has 6 heteroatoms. The van der Waals surface area contributed by atoms with Crippen molar-refractivity contribution in [2.24, 2.45) is 0 Å². The number of carbonyl (C=O) groups is 1. The van der Waals surface area contributed by atoms with Crippen LogP contribution in [-0.2, 0) is 0 Å². The fourth-order valence-corrected chi connectivity index (χ4v) is 3.73. The Morgan fingerprint density at radius 3 is 2.52 bits per heavy atom. The van der Waals surface area contributed by atoms with Crippen LogP contribution >= 0.6 is 11.8 Å². The van der Waals surface area contributed by atoms with Crippen LogP contribution in [0.25, 0.3) is 11.0 Å². The summed E-state index contributed by atoms with van der Waals surface area (Å²) in [6, 6.07) is 2.18. The third kappa shape index (κ3) is 3.09. The van der Waals surface area contributed by atoms with E-state index in [1.54, 1.807) is 6.20 Å². The molecule has 1 aliphatic rings. The van der Waals surface area contributed by atoms with Crippen molar-refractivity contribution < 1.29 is 4.79 Å². The predicted octanol–water partition coefficient (Wildman–Crippen LogP) is 3.32. The third-order valence-corrected chi connectivity index (χ3v) is 5.14. The molecule has 1 amide bonds. The third-order valence-electron chi connectivity index (χ3n) is 4.20. The molecule has 2 aromatic heterocycles. The van der Waals surface area contributed by atoms with Crippen molar-refractivity contribution >= 4 is 28.7 Å². The highest BCUT2D eigenvalue weighted by Gasteiger charge is 2.24. The molecule has 1 fully saturated rings. The van der Waals surface area contributed by atoms with Gasteiger partial charge in [0.05, 0.1) is 17.1 Å². The zero-order chi connectivity index (χ0) is 16.6. The van der Waals surface area contributed by atoms with Gasteiger partial charge >= 0.3 is 0 Å². The van der Waals surface area contributed by atoms with Crippen LogP contribution in [0.2, 0.25) is 0 Å². The zero-order valence-corrected chi connectivity index (χ0v) is 15.1. The van der Waals surface area contributed by atoms with Crippen LogP contribution in [0, 0.1) is 0 Å². The van der Waals surface area contributed by atoms with E-state index in [2.05, 4.69) is 32.8 Å². The van der Waals surface area contributed by atoms with Crippen LogP contribution in [0.15, 0.2) is 12.3 Å². The van der Waals surface area contributed by atoms with Gasteiger partial charge < -0.3 is 4.90 Å². The monoisotopic (exact) mass is 332 g/mol. The predicted molar refractivity (Wildman–Crippen MR) is 95.2 cm³/mol. The molecule has 1 saturated heterocycles. The summed E-state index contributed by atoms with van der Waals surface area (Å²) in [5.74, 6) is 2.42. The van der Waals surface area contributed by atoms with Gasteiger partial charge in [0.25, 0.3) is 5.91 Å². The fourth-order valence-electron chi connectivity index (χ4n) is 2.82. The summed E-state index contributed by atoms with van der Waals surface area (Å²) in [6.45, 7) is 10.0. The number of nitrogens with zero attached hydrogens (tertiary/aromatic N) is 4. The Hall–Kier alpha value is -1.56. The zero-order valence-electron chi connectivity index (χ0n) is 14.2. The molecule has 0 aromatic carbocycles. The summed E-state index contributed by atoms with van der Waals surface area (Å²) < 4.78 is 1.91. The molecule has 1 aliphatic heterocycles. The van der Waals surface area contributed by atoms with Crippen molar-refractivity contribution in [3.8, 4) is 0 Å². The molecule has 124 valence electrons. The first-order valence-electron chi connectivity index (χ1n) is 8.24. The van der Waals surface area contributed by atoms with Gasteiger partial charge in [-0.1, -0.05) is 13.8 Å². The molecule has 0 bridgehead atoms. The summed E-state index contributed by atoms with van der Waals surface area (Å²) >= 11 is 1.91. The van der Waals surface area contributed by atoms with E-state index in [4.69, 9.17) is 4.98 Å². The highest BCUT2D eigenvalue weighted by atomic mass is 32.2. The van der Waals surface area contributed by atoms with Gasteiger partial charge in [-0.3, -0.25) is 4.79 Å². The van der Waals surface area contributed by atoms with Crippen LogP contribution in [0.5, 0.6) is 0 Å². The summed E-state index contributed by atoms with van der Waals surface area (Å²) in [6.07, 6.45) is 1.79. The first-order valence-corrected chi connectivity index (χ1v) is 9.39. The van der Waals surface area contributed by atoms with E-state index in [1.165, 1.54) is 0 Å². The number of rotatable bonds is 3. The lowest BCUT2D eigenvalue weighted by Gasteiger charge is -2.27. The van der Waals surface area contributed by atoms with E-state index >= 15 is 0 Å². The van der Waals surface area contributed by atoms with Crippen LogP contribution in [0.3, 0.4) is 0 Å². The smallest absolute Gasteiger partial charge is 0.254 e. The number of aromatic nitrogens is 3. The fraction of sp³-hybridized carbons (Fsp3) is 0.588. The number of carbonyl (C=O) groups excluding carboxylic acids is 1. The van der Waals surface area contributed by atoms with E-state index in [1.807, 2.05) is 27.4 Å². The van der Waals surface area contributed by atoms with Gasteiger partial charge in [0, 0.05) is 36.3 Å². The Balaban J connectivity index is 2.12. The molecule has 0 spiro atoms. The summed E-state index contributed by atoms with van der Waals surface area (Å²) in [5.41, 5.74) is 2.52. The number of amides is 1. The Labute approximate surface area is 141 Å². The minimum absolute atomic E-state index is 0.114. The Bertz CT molecular complexity index is 717. The molecule has 3 heterocycles. The number of hydrogen-bond donors (Lipinski definition) is 0. The number of thioether (sulfide) groups is 1. The van der Waals surface area contributed by atoms with Gasteiger partial charge in [0.2, 0.25) is 0 Å². The summed E-state index contributed by atoms with van der Waals surface area (Å²) in [7, 11) is 0. The molecule has 2 aromatic rings. The van der Waals surface area contributed by atoms with Gasteiger partial charge in [-0.15, -0.1) is 0 Å². The van der Waals surface area contributed by atoms with Crippen molar-refractivity contribution in [2.75, 3.05) is 24.6 Å². The number of pyridine rings is 1. The van der Waals surface area contributed by atoms with Crippen molar-refractivity contribution in [1.82, 2.24) is 19.7 Å². The van der Waals surface area contributed by atoms with E-state index in [0.717, 1.165) is 46.9 Å². The first kappa shape index (κ1) is 16.3. The molecule has 0 radical (unpaired) electrons. The average Bonchev–Trinajstić information content (AvgIpc) is 2.98. The molecule has 0 N–H and O–H groups in total. The van der Waals surface area contributed by atoms with Gasteiger partial charge in [0.15, 0.2) is 5.65 Å². The van der Waals surface area contributed by atoms with E-state index < -0.39 is 0 Å². The lowest BCUT2D eigenvalue weighted by molar-refractivity contribution is 0.0774. The SMILES string of the molecule is CC(C)c1cc(C(=O)N2CCSCC2)c2cnn(C(C)C)c2n1. The molecule has 0 unspecified atom stereocenters. The molecule has 23 heavy (non-hydrogen) atoms. The van der Waals surface area contributed by atoms with Gasteiger partial charge in [-0.25, -0.2) is 9.67 Å². The van der Waals surface area contributed by atoms with Crippen LogP contribution < -0.4 is 0 Å². The van der Waals surface area contributed by atoms with Crippen LogP contribution in [0.1, 0.15) is 55.7 Å². The second kappa shape index (κ2) is 6.51. The maximum Gasteiger partial charge on any atom is 0.254 e. The lowest BCUT2D eigenvalue weighted by atomic mass is 10.0. The van der Waals surface area contributed by atoms with Crippen LogP contribution in [0.4, 0.5) is 0 Å². The minimum Gasteiger partial charge on any atom is -0.337 e. The normalized spacial score (nSPS) is 15.8. The number of fused-ring (bicyclic) bond motifs is 1. The molecule has 0 saturated carbocycles. The van der Waals surface area contributed by atoms with Crippen molar-refractivity contribution in [3.63, 3.8) is 0 Å². The molecular formula is C17H24N4OS. The molecule has 0 atom stereocenters. The first-order chi connectivity index (χ1) is 11.0. The Morgan fingerprint density at radius 1 is 1.22 bits per heavy atom. The van der Waals surface area contributed by atoms with Crippen molar-refractivity contribution in [2.45, 2.75) is 39.7 Å². The quantitative estimate of drug-likeness (QED) is 0.865. The standard InChI is InChI=1S/C17H24N4OS/c1-11(2)15-9-13(17(22)20-5-7-23-8-6-20)14-10-18-21(12(3)4)16(14)19-15/h9-12H,5-8H2,1-4H3. The minimum atomic E-state index is 0.114. The molecule has 5 nitrogen and oxygen atoms in total. The Kier molecular flexibility index (Phi) is 4.62. The highest BCUT2D eigenvalue weighted by Crippen LogP contribution is 2.26. The molecular weight excluding hydrogens is 308 g/mol. The van der Waals surface area contributed by atoms with Gasteiger partial charge in [-0.2, -0.15) is 16.9 Å². The van der Waals surface area contributed by atoms with Crippen molar-refractivity contribution in [1.29, 1.82) is 0 Å². The lowest BCUT2D eigenvalue weighted by Crippen LogP contribution is -2.38. The topological polar surface area (TPSA) is 51.0 Å². The molecule has 0 aliphatic carbocycles. The van der Waals surface area contributed by atoms with E-state index in [0.29, 0.717) is 0 Å². The second-order valence-corrected chi connectivity index (χ2v) is 7.80. The van der Waals surface area contributed by atoms with E-state index in [9.17, 15) is 4.79 Å². The molecule has 3 rings (SSSR count). The van der Waals surface area contributed by atoms with Gasteiger partial charge in [0.1, 0.15) is 0 Å². The maximum absolute atomic E-state index is 13.0. The van der Waals surface area contributed by atoms with Gasteiger partial charge in [-0.05, 0) is 25.8 Å². The largest absolute Gasteiger partial charge is 0.337 e. The van der Waals surface area contributed by atoms with Crippen molar-refractivity contribution in [3.05, 3.63) is 23.5 Å². The average molecular weight is 332 g/mol. The van der Waals surface area contributed by atoms with E-state index in [-0.39, 0.29) is 17.9 Å². The number of hydrogen-bond acceptors (Lipinski definition) is 4. The highest BCUT2D eigenvalue weighted by molar-refractivity contribution is 7.99. The second-order valence-electron chi connectivity index (χ2n) is 6.57. The summed E-state index contributed by atoms with van der Waals surface area (Å²) in [5, 5.41) is 5.33. The Morgan fingerprint density at radius 2 is 1.91 bits per heavy atom.